The third-order valence-electron chi connectivity index (χ3n) is 1.70. The van der Waals surface area contributed by atoms with Crippen LogP contribution in [0, 0.1) is 11.8 Å². The first-order valence-corrected chi connectivity index (χ1v) is 5.25. The van der Waals surface area contributed by atoms with E-state index in [4.69, 9.17) is 5.21 Å². The molecule has 2 heterocycles. The van der Waals surface area contributed by atoms with Gasteiger partial charge in [-0.3, -0.25) is 4.98 Å². The smallest absolute Gasteiger partial charge is 0.138 e. The van der Waals surface area contributed by atoms with Crippen LogP contribution in [0.3, 0.4) is 0 Å². The molecule has 0 atom stereocenters. The summed E-state index contributed by atoms with van der Waals surface area (Å²) in [5, 5.41) is 11.9. The number of oxime groups is 1. The molecule has 2 aromatic heterocycles. The van der Waals surface area contributed by atoms with E-state index in [0.29, 0.717) is 5.01 Å². The highest BCUT2D eigenvalue weighted by Gasteiger charge is 1.95. The largest absolute Gasteiger partial charge is 0.411 e. The van der Waals surface area contributed by atoms with E-state index >= 15 is 0 Å². The lowest BCUT2D eigenvalue weighted by Gasteiger charge is -1.84. The Morgan fingerprint density at radius 3 is 2.88 bits per heavy atom. The molecular weight excluding hydrogens is 222 g/mol. The fraction of sp³-hybridized carbons (Fsp3) is 0. The van der Waals surface area contributed by atoms with E-state index in [1.165, 1.54) is 17.6 Å². The quantitative estimate of drug-likeness (QED) is 0.351. The van der Waals surface area contributed by atoms with Crippen molar-refractivity contribution in [2.75, 3.05) is 0 Å². The number of pyridine rings is 1. The van der Waals surface area contributed by atoms with E-state index in [1.807, 2.05) is 12.1 Å². The van der Waals surface area contributed by atoms with Crippen molar-refractivity contribution in [3.63, 3.8) is 0 Å². The topological polar surface area (TPSA) is 58.4 Å². The van der Waals surface area contributed by atoms with Crippen molar-refractivity contribution in [1.82, 2.24) is 9.97 Å². The molecule has 2 aromatic rings. The molecule has 0 aromatic carbocycles. The van der Waals surface area contributed by atoms with Crippen LogP contribution in [-0.4, -0.2) is 21.4 Å². The van der Waals surface area contributed by atoms with Gasteiger partial charge < -0.3 is 5.21 Å². The monoisotopic (exact) mass is 229 g/mol. The Morgan fingerprint density at radius 1 is 1.31 bits per heavy atom. The van der Waals surface area contributed by atoms with Crippen molar-refractivity contribution in [1.29, 1.82) is 0 Å². The molecule has 0 spiro atoms. The van der Waals surface area contributed by atoms with E-state index in [0.717, 1.165) is 10.4 Å². The van der Waals surface area contributed by atoms with E-state index < -0.39 is 0 Å². The van der Waals surface area contributed by atoms with E-state index in [-0.39, 0.29) is 0 Å². The second-order valence-electron chi connectivity index (χ2n) is 2.79. The van der Waals surface area contributed by atoms with Crippen molar-refractivity contribution in [2.24, 2.45) is 5.16 Å². The van der Waals surface area contributed by atoms with Gasteiger partial charge >= 0.3 is 0 Å². The highest BCUT2D eigenvalue weighted by atomic mass is 32.1. The fourth-order valence-electron chi connectivity index (χ4n) is 1.02. The average Bonchev–Trinajstić information content (AvgIpc) is 2.76. The molecule has 0 bridgehead atoms. The normalized spacial score (nSPS) is 10.0. The predicted molar refractivity (Wildman–Crippen MR) is 61.7 cm³/mol. The van der Waals surface area contributed by atoms with Gasteiger partial charge in [-0.25, -0.2) is 4.98 Å². The molecule has 0 saturated carbocycles. The maximum atomic E-state index is 8.33. The second kappa shape index (κ2) is 5.05. The first-order valence-electron chi connectivity index (χ1n) is 4.44. The maximum absolute atomic E-state index is 8.33. The van der Waals surface area contributed by atoms with Crippen molar-refractivity contribution < 1.29 is 5.21 Å². The van der Waals surface area contributed by atoms with Gasteiger partial charge in [-0.1, -0.05) is 11.1 Å². The number of aromatic nitrogens is 2. The maximum Gasteiger partial charge on any atom is 0.138 e. The van der Waals surface area contributed by atoms with Crippen LogP contribution in [0.1, 0.15) is 15.4 Å². The van der Waals surface area contributed by atoms with Crippen molar-refractivity contribution in [3.8, 4) is 11.8 Å². The zero-order chi connectivity index (χ0) is 11.2. The molecule has 16 heavy (non-hydrogen) atoms. The first-order chi connectivity index (χ1) is 7.88. The van der Waals surface area contributed by atoms with Gasteiger partial charge in [0.15, 0.2) is 0 Å². The zero-order valence-electron chi connectivity index (χ0n) is 8.16. The number of rotatable bonds is 1. The van der Waals surface area contributed by atoms with Crippen LogP contribution < -0.4 is 0 Å². The Kier molecular flexibility index (Phi) is 3.26. The summed E-state index contributed by atoms with van der Waals surface area (Å²) in [6.45, 7) is 0. The van der Waals surface area contributed by atoms with Gasteiger partial charge in [-0.05, 0) is 18.1 Å². The highest BCUT2D eigenvalue weighted by molar-refractivity contribution is 7.13. The SMILES string of the molecule is O/N=C\c1ncc(C#Cc2ccncc2)s1. The fourth-order valence-corrected chi connectivity index (χ4v) is 1.66. The summed E-state index contributed by atoms with van der Waals surface area (Å²) in [6.07, 6.45) is 6.32. The van der Waals surface area contributed by atoms with Gasteiger partial charge in [0.1, 0.15) is 11.2 Å². The summed E-state index contributed by atoms with van der Waals surface area (Å²) in [5.41, 5.74) is 0.903. The molecule has 0 aliphatic rings. The lowest BCUT2D eigenvalue weighted by molar-refractivity contribution is 0.322. The molecule has 5 heteroatoms. The zero-order valence-corrected chi connectivity index (χ0v) is 8.98. The molecule has 1 N–H and O–H groups in total. The molecular formula is C11H7N3OS. The molecule has 0 fully saturated rings. The standard InChI is InChI=1S/C11H7N3OS/c15-14-8-11-13-7-10(16-11)2-1-9-3-5-12-6-4-9/h3-8,15H/b14-8-. The number of nitrogens with zero attached hydrogens (tertiary/aromatic N) is 3. The third kappa shape index (κ3) is 2.65. The molecule has 4 nitrogen and oxygen atoms in total. The lowest BCUT2D eigenvalue weighted by atomic mass is 10.3. The van der Waals surface area contributed by atoms with Crippen LogP contribution in [0.2, 0.25) is 0 Å². The van der Waals surface area contributed by atoms with Gasteiger partial charge in [-0.2, -0.15) is 0 Å². The van der Waals surface area contributed by atoms with Crippen LogP contribution in [-0.2, 0) is 0 Å². The number of hydrogen-bond acceptors (Lipinski definition) is 5. The molecule has 0 amide bonds. The van der Waals surface area contributed by atoms with E-state index in [9.17, 15) is 0 Å². The highest BCUT2D eigenvalue weighted by Crippen LogP contribution is 2.09. The summed E-state index contributed by atoms with van der Waals surface area (Å²) >= 11 is 1.37. The van der Waals surface area contributed by atoms with E-state index in [2.05, 4.69) is 27.0 Å². The Labute approximate surface area is 96.3 Å². The molecule has 0 radical (unpaired) electrons. The Morgan fingerprint density at radius 2 is 2.12 bits per heavy atom. The lowest BCUT2D eigenvalue weighted by Crippen LogP contribution is -1.73. The first kappa shape index (κ1) is 10.3. The minimum Gasteiger partial charge on any atom is -0.411 e. The summed E-state index contributed by atoms with van der Waals surface area (Å²) in [4.78, 5) is 8.74. The van der Waals surface area contributed by atoms with Gasteiger partial charge in [0.05, 0.1) is 11.1 Å². The Hall–Kier alpha value is -2.19. The molecule has 0 aliphatic heterocycles. The summed E-state index contributed by atoms with van der Waals surface area (Å²) in [7, 11) is 0. The van der Waals surface area contributed by atoms with Crippen LogP contribution in [0.5, 0.6) is 0 Å². The van der Waals surface area contributed by atoms with Gasteiger partial charge in [-0.15, -0.1) is 11.3 Å². The van der Waals surface area contributed by atoms with Crippen LogP contribution in [0.15, 0.2) is 35.9 Å². The Balaban J connectivity index is 2.18. The molecule has 2 rings (SSSR count). The Bertz CT molecular complexity index is 551. The van der Waals surface area contributed by atoms with Crippen LogP contribution in [0.25, 0.3) is 0 Å². The van der Waals surface area contributed by atoms with Crippen molar-refractivity contribution in [2.45, 2.75) is 0 Å². The average molecular weight is 229 g/mol. The van der Waals surface area contributed by atoms with Gasteiger partial charge in [0.25, 0.3) is 0 Å². The van der Waals surface area contributed by atoms with Gasteiger partial charge in [0, 0.05) is 18.0 Å². The predicted octanol–water partition coefficient (Wildman–Crippen LogP) is 1.75. The number of thiazole rings is 1. The molecule has 0 aliphatic carbocycles. The van der Waals surface area contributed by atoms with E-state index in [1.54, 1.807) is 18.6 Å². The van der Waals surface area contributed by atoms with Gasteiger partial charge in [0.2, 0.25) is 0 Å². The molecule has 0 saturated heterocycles. The minimum absolute atomic E-state index is 0.626. The summed E-state index contributed by atoms with van der Waals surface area (Å²) in [6, 6.07) is 3.67. The number of hydrogen-bond donors (Lipinski definition) is 1. The van der Waals surface area contributed by atoms with Crippen molar-refractivity contribution >= 4 is 17.6 Å². The van der Waals surface area contributed by atoms with Crippen LogP contribution >= 0.6 is 11.3 Å². The second-order valence-corrected chi connectivity index (χ2v) is 3.86. The third-order valence-corrected chi connectivity index (χ3v) is 2.55. The molecule has 78 valence electrons. The van der Waals surface area contributed by atoms with Crippen LogP contribution in [0.4, 0.5) is 0 Å². The van der Waals surface area contributed by atoms with Crippen molar-refractivity contribution in [3.05, 3.63) is 46.2 Å². The summed E-state index contributed by atoms with van der Waals surface area (Å²) < 4.78 is 0. The molecule has 0 unspecified atom stereocenters. The summed E-state index contributed by atoms with van der Waals surface area (Å²) in [5.74, 6) is 5.96. The minimum atomic E-state index is 0.626.